The highest BCUT2D eigenvalue weighted by Gasteiger charge is 2.25. The first-order valence-corrected chi connectivity index (χ1v) is 11.2. The predicted molar refractivity (Wildman–Crippen MR) is 117 cm³/mol. The van der Waals surface area contributed by atoms with Crippen molar-refractivity contribution in [2.45, 2.75) is 71.1 Å². The number of hydrogen-bond acceptors (Lipinski definition) is 1. The molecule has 3 heteroatoms. The van der Waals surface area contributed by atoms with Crippen molar-refractivity contribution in [1.29, 1.82) is 0 Å². The van der Waals surface area contributed by atoms with Crippen LogP contribution in [0.1, 0.15) is 76.7 Å². The monoisotopic (exact) mass is 402 g/mol. The van der Waals surface area contributed by atoms with Gasteiger partial charge < -0.3 is 4.74 Å². The van der Waals surface area contributed by atoms with Crippen molar-refractivity contribution in [2.24, 2.45) is 5.92 Å². The molecule has 0 heterocycles. The molecule has 0 amide bonds. The second-order valence-corrected chi connectivity index (χ2v) is 8.44. The number of benzene rings is 2. The quantitative estimate of drug-likeness (QED) is 0.402. The van der Waals surface area contributed by atoms with Crippen molar-refractivity contribution in [2.75, 3.05) is 6.61 Å². The van der Waals surface area contributed by atoms with Crippen LogP contribution in [0.15, 0.2) is 36.4 Å². The van der Waals surface area contributed by atoms with E-state index in [2.05, 4.69) is 13.8 Å². The van der Waals surface area contributed by atoms with Crippen molar-refractivity contribution in [3.63, 3.8) is 0 Å². The van der Waals surface area contributed by atoms with Crippen LogP contribution in [0, 0.1) is 11.7 Å². The molecule has 0 radical (unpaired) electrons. The standard InChI is InChI=1S/C25H32ClFO/c1-3-5-17-28-21-13-11-20(12-14-21)23-16-15-22(24(26)25(23)27)19-9-7-18(6-4-2)8-10-19/h11-16,18-19H,3-10,17H2,1-2H3. The zero-order valence-corrected chi connectivity index (χ0v) is 17.9. The molecule has 0 aromatic heterocycles. The SMILES string of the molecule is CCCCOc1ccc(-c2ccc(C3CCC(CCC)CC3)c(Cl)c2F)cc1. The topological polar surface area (TPSA) is 9.23 Å². The minimum Gasteiger partial charge on any atom is -0.494 e. The van der Waals surface area contributed by atoms with Crippen LogP contribution in [0.4, 0.5) is 4.39 Å². The Morgan fingerprint density at radius 1 is 0.964 bits per heavy atom. The third kappa shape index (κ3) is 5.08. The minimum atomic E-state index is -0.297. The fourth-order valence-corrected chi connectivity index (χ4v) is 4.66. The Balaban J connectivity index is 1.72. The van der Waals surface area contributed by atoms with Gasteiger partial charge in [0.25, 0.3) is 0 Å². The lowest BCUT2D eigenvalue weighted by molar-refractivity contribution is 0.308. The van der Waals surface area contributed by atoms with Crippen molar-refractivity contribution in [3.05, 3.63) is 52.8 Å². The lowest BCUT2D eigenvalue weighted by Crippen LogP contribution is -2.14. The van der Waals surface area contributed by atoms with E-state index >= 15 is 4.39 Å². The Kier molecular flexibility index (Phi) is 7.79. The van der Waals surface area contributed by atoms with Crippen LogP contribution in [0.2, 0.25) is 5.02 Å². The average Bonchev–Trinajstić information content (AvgIpc) is 2.72. The Hall–Kier alpha value is -1.54. The molecule has 152 valence electrons. The lowest BCUT2D eigenvalue weighted by atomic mass is 9.77. The summed E-state index contributed by atoms with van der Waals surface area (Å²) in [6.45, 7) is 5.10. The highest BCUT2D eigenvalue weighted by Crippen LogP contribution is 2.42. The molecule has 0 N–H and O–H groups in total. The van der Waals surface area contributed by atoms with Gasteiger partial charge in [-0.25, -0.2) is 4.39 Å². The smallest absolute Gasteiger partial charge is 0.149 e. The Labute approximate surface area is 174 Å². The molecule has 3 rings (SSSR count). The maximum Gasteiger partial charge on any atom is 0.149 e. The summed E-state index contributed by atoms with van der Waals surface area (Å²) in [7, 11) is 0. The second kappa shape index (κ2) is 10.3. The van der Waals surface area contributed by atoms with Gasteiger partial charge in [0.2, 0.25) is 0 Å². The van der Waals surface area contributed by atoms with Gasteiger partial charge in [-0.3, -0.25) is 0 Å². The molecule has 1 nitrogen and oxygen atoms in total. The van der Waals surface area contributed by atoms with E-state index in [0.717, 1.165) is 48.5 Å². The Bertz CT molecular complexity index is 748. The molecule has 0 atom stereocenters. The van der Waals surface area contributed by atoms with Crippen molar-refractivity contribution >= 4 is 11.6 Å². The number of hydrogen-bond donors (Lipinski definition) is 0. The van der Waals surface area contributed by atoms with Gasteiger partial charge in [-0.2, -0.15) is 0 Å². The van der Waals surface area contributed by atoms with Crippen molar-refractivity contribution in [3.8, 4) is 16.9 Å². The van der Waals surface area contributed by atoms with Gasteiger partial charge in [0.05, 0.1) is 11.6 Å². The number of halogens is 2. The molecule has 0 aliphatic heterocycles. The van der Waals surface area contributed by atoms with E-state index in [9.17, 15) is 0 Å². The summed E-state index contributed by atoms with van der Waals surface area (Å²) in [6, 6.07) is 11.6. The normalized spacial score (nSPS) is 19.6. The maximum atomic E-state index is 15.1. The summed E-state index contributed by atoms with van der Waals surface area (Å²) in [5.74, 6) is 1.75. The van der Waals surface area contributed by atoms with E-state index in [4.69, 9.17) is 16.3 Å². The van der Waals surface area contributed by atoms with Crippen LogP contribution in [0.3, 0.4) is 0 Å². The van der Waals surface area contributed by atoms with Gasteiger partial charge >= 0.3 is 0 Å². The van der Waals surface area contributed by atoms with E-state index in [-0.39, 0.29) is 5.82 Å². The summed E-state index contributed by atoms with van der Waals surface area (Å²) in [5, 5.41) is 0.305. The van der Waals surface area contributed by atoms with Gasteiger partial charge in [-0.1, -0.05) is 69.0 Å². The van der Waals surface area contributed by atoms with E-state index in [0.29, 0.717) is 23.1 Å². The van der Waals surface area contributed by atoms with Crippen LogP contribution in [0.25, 0.3) is 11.1 Å². The Morgan fingerprint density at radius 2 is 1.68 bits per heavy atom. The molecule has 0 unspecified atom stereocenters. The van der Waals surface area contributed by atoms with E-state index < -0.39 is 0 Å². The summed E-state index contributed by atoms with van der Waals surface area (Å²) in [6.07, 6.45) is 9.41. The van der Waals surface area contributed by atoms with Crippen LogP contribution in [-0.2, 0) is 0 Å². The van der Waals surface area contributed by atoms with Gasteiger partial charge in [-0.15, -0.1) is 0 Å². The highest BCUT2D eigenvalue weighted by molar-refractivity contribution is 6.32. The first-order chi connectivity index (χ1) is 13.6. The zero-order chi connectivity index (χ0) is 19.9. The molecule has 2 aromatic carbocycles. The molecule has 28 heavy (non-hydrogen) atoms. The largest absolute Gasteiger partial charge is 0.494 e. The predicted octanol–water partition coefficient (Wildman–Crippen LogP) is 8.40. The summed E-state index contributed by atoms with van der Waals surface area (Å²) in [4.78, 5) is 0. The van der Waals surface area contributed by atoms with Crippen molar-refractivity contribution in [1.82, 2.24) is 0 Å². The first-order valence-electron chi connectivity index (χ1n) is 10.8. The maximum absolute atomic E-state index is 15.1. The molecule has 1 aliphatic carbocycles. The third-order valence-corrected chi connectivity index (χ3v) is 6.41. The van der Waals surface area contributed by atoms with Crippen LogP contribution < -0.4 is 4.74 Å². The van der Waals surface area contributed by atoms with Gasteiger partial charge in [-0.05, 0) is 67.2 Å². The van der Waals surface area contributed by atoms with Crippen LogP contribution >= 0.6 is 11.6 Å². The fourth-order valence-electron chi connectivity index (χ4n) is 4.34. The molecule has 0 bridgehead atoms. The van der Waals surface area contributed by atoms with Gasteiger partial charge in [0.15, 0.2) is 0 Å². The zero-order valence-electron chi connectivity index (χ0n) is 17.1. The van der Waals surface area contributed by atoms with Crippen molar-refractivity contribution < 1.29 is 9.13 Å². The summed E-state index contributed by atoms with van der Waals surface area (Å²) >= 11 is 6.50. The molecule has 0 spiro atoms. The Morgan fingerprint density at radius 3 is 2.32 bits per heavy atom. The summed E-state index contributed by atoms with van der Waals surface area (Å²) in [5.41, 5.74) is 2.38. The minimum absolute atomic E-state index is 0.297. The molecule has 1 fully saturated rings. The second-order valence-electron chi connectivity index (χ2n) is 8.06. The molecular weight excluding hydrogens is 371 g/mol. The fraction of sp³-hybridized carbons (Fsp3) is 0.520. The first kappa shape index (κ1) is 21.2. The highest BCUT2D eigenvalue weighted by atomic mass is 35.5. The molecule has 0 saturated heterocycles. The van der Waals surface area contributed by atoms with E-state index in [1.54, 1.807) is 0 Å². The summed E-state index contributed by atoms with van der Waals surface area (Å²) < 4.78 is 20.8. The number of rotatable bonds is 8. The third-order valence-electron chi connectivity index (χ3n) is 6.03. The van der Waals surface area contributed by atoms with Gasteiger partial charge in [0.1, 0.15) is 11.6 Å². The number of ether oxygens (including phenoxy) is 1. The van der Waals surface area contributed by atoms with Gasteiger partial charge in [0, 0.05) is 5.56 Å². The lowest BCUT2D eigenvalue weighted by Gasteiger charge is -2.29. The number of unbranched alkanes of at least 4 members (excludes halogenated alkanes) is 1. The molecular formula is C25H32ClFO. The molecule has 1 aliphatic rings. The van der Waals surface area contributed by atoms with Crippen LogP contribution in [0.5, 0.6) is 5.75 Å². The van der Waals surface area contributed by atoms with E-state index in [1.165, 1.54) is 25.7 Å². The van der Waals surface area contributed by atoms with E-state index in [1.807, 2.05) is 36.4 Å². The van der Waals surface area contributed by atoms with Crippen LogP contribution in [-0.4, -0.2) is 6.61 Å². The molecule has 2 aromatic rings. The average molecular weight is 403 g/mol. The molecule has 1 saturated carbocycles.